The Hall–Kier alpha value is -2.78. The zero-order chi connectivity index (χ0) is 25.0. The number of sulfonamides is 1. The summed E-state index contributed by atoms with van der Waals surface area (Å²) in [5, 5.41) is 15.2. The van der Waals surface area contributed by atoms with Crippen LogP contribution < -0.4 is 10.0 Å². The standard InChI is InChI=1S/C27H33N3O4S/c1-19(2)14-24(29-35(33,34)23-13-12-21-10-6-7-11-22(21)15-23)27(32)28-25-17-30(18-26(25)31)16-20-8-4-3-5-9-20/h3-13,15,19,24-26,29,31H,14,16-18H2,1-2H3,(H,28,32)/t24-,25?,26?/m0/s1. The Bertz CT molecular complexity index is 1260. The summed E-state index contributed by atoms with van der Waals surface area (Å²) in [6, 6.07) is 21.0. The first-order valence-electron chi connectivity index (χ1n) is 12.0. The van der Waals surface area contributed by atoms with E-state index in [-0.39, 0.29) is 10.8 Å². The fourth-order valence-corrected chi connectivity index (χ4v) is 5.78. The lowest BCUT2D eigenvalue weighted by Gasteiger charge is -2.23. The topological polar surface area (TPSA) is 98.7 Å². The number of aliphatic hydroxyl groups excluding tert-OH is 1. The normalized spacial score (nSPS) is 19.8. The van der Waals surface area contributed by atoms with Gasteiger partial charge in [0.2, 0.25) is 15.9 Å². The molecule has 0 spiro atoms. The van der Waals surface area contributed by atoms with Crippen molar-refractivity contribution in [2.75, 3.05) is 13.1 Å². The second-order valence-corrected chi connectivity index (χ2v) is 11.4. The van der Waals surface area contributed by atoms with E-state index in [4.69, 9.17) is 0 Å². The van der Waals surface area contributed by atoms with Crippen molar-refractivity contribution in [2.24, 2.45) is 5.92 Å². The maximum absolute atomic E-state index is 13.2. The number of nitrogens with one attached hydrogen (secondary N) is 2. The van der Waals surface area contributed by atoms with Crippen molar-refractivity contribution in [3.05, 3.63) is 78.4 Å². The predicted molar refractivity (Wildman–Crippen MR) is 137 cm³/mol. The smallest absolute Gasteiger partial charge is 0.241 e. The van der Waals surface area contributed by atoms with Gasteiger partial charge in [0.25, 0.3) is 0 Å². The highest BCUT2D eigenvalue weighted by Gasteiger charge is 2.35. The Morgan fingerprint density at radius 1 is 1.00 bits per heavy atom. The minimum atomic E-state index is -3.92. The Labute approximate surface area is 207 Å². The van der Waals surface area contributed by atoms with Gasteiger partial charge in [0.1, 0.15) is 6.04 Å². The number of nitrogens with zero attached hydrogens (tertiary/aromatic N) is 1. The van der Waals surface area contributed by atoms with Gasteiger partial charge in [-0.3, -0.25) is 9.69 Å². The van der Waals surface area contributed by atoms with Crippen LogP contribution in [-0.4, -0.2) is 55.6 Å². The third-order valence-electron chi connectivity index (χ3n) is 6.29. The van der Waals surface area contributed by atoms with Crippen LogP contribution in [0, 0.1) is 5.92 Å². The van der Waals surface area contributed by atoms with Crippen molar-refractivity contribution in [3.8, 4) is 0 Å². The van der Waals surface area contributed by atoms with E-state index >= 15 is 0 Å². The molecule has 3 atom stereocenters. The van der Waals surface area contributed by atoms with Crippen molar-refractivity contribution in [2.45, 2.75) is 49.9 Å². The molecule has 1 heterocycles. The lowest BCUT2D eigenvalue weighted by Crippen LogP contribution is -2.52. The Morgan fingerprint density at radius 3 is 2.40 bits per heavy atom. The van der Waals surface area contributed by atoms with E-state index in [1.54, 1.807) is 18.2 Å². The van der Waals surface area contributed by atoms with E-state index in [1.165, 1.54) is 0 Å². The van der Waals surface area contributed by atoms with Crippen molar-refractivity contribution in [1.82, 2.24) is 14.9 Å². The summed E-state index contributed by atoms with van der Waals surface area (Å²) in [5.74, 6) is -0.332. The van der Waals surface area contributed by atoms with Crippen LogP contribution in [0.5, 0.6) is 0 Å². The van der Waals surface area contributed by atoms with E-state index in [9.17, 15) is 18.3 Å². The van der Waals surface area contributed by atoms with Crippen molar-refractivity contribution in [1.29, 1.82) is 0 Å². The second kappa shape index (κ2) is 10.9. The fourth-order valence-electron chi connectivity index (χ4n) is 4.53. The molecule has 186 valence electrons. The average Bonchev–Trinajstić information content (AvgIpc) is 3.16. The summed E-state index contributed by atoms with van der Waals surface area (Å²) in [7, 11) is -3.92. The lowest BCUT2D eigenvalue weighted by molar-refractivity contribution is -0.124. The van der Waals surface area contributed by atoms with Crippen LogP contribution in [0.2, 0.25) is 0 Å². The van der Waals surface area contributed by atoms with Gasteiger partial charge >= 0.3 is 0 Å². The number of benzene rings is 3. The van der Waals surface area contributed by atoms with E-state index < -0.39 is 34.1 Å². The minimum Gasteiger partial charge on any atom is -0.390 e. The van der Waals surface area contributed by atoms with Crippen LogP contribution >= 0.6 is 0 Å². The van der Waals surface area contributed by atoms with Gasteiger partial charge in [0, 0.05) is 19.6 Å². The van der Waals surface area contributed by atoms with Gasteiger partial charge in [-0.2, -0.15) is 4.72 Å². The molecule has 2 unspecified atom stereocenters. The third kappa shape index (κ3) is 6.46. The van der Waals surface area contributed by atoms with E-state index in [0.717, 1.165) is 16.3 Å². The highest BCUT2D eigenvalue weighted by molar-refractivity contribution is 7.89. The average molecular weight is 496 g/mol. The van der Waals surface area contributed by atoms with Crippen LogP contribution in [0.3, 0.4) is 0 Å². The first-order chi connectivity index (χ1) is 16.7. The van der Waals surface area contributed by atoms with Crippen molar-refractivity contribution in [3.63, 3.8) is 0 Å². The summed E-state index contributed by atoms with van der Waals surface area (Å²) in [4.78, 5) is 15.4. The van der Waals surface area contributed by atoms with Gasteiger partial charge in [-0.1, -0.05) is 74.5 Å². The van der Waals surface area contributed by atoms with E-state index in [0.29, 0.717) is 26.1 Å². The number of hydrogen-bond donors (Lipinski definition) is 3. The molecule has 35 heavy (non-hydrogen) atoms. The zero-order valence-electron chi connectivity index (χ0n) is 20.1. The summed E-state index contributed by atoms with van der Waals surface area (Å²) >= 11 is 0. The summed E-state index contributed by atoms with van der Waals surface area (Å²) in [6.45, 7) is 5.49. The number of likely N-dealkylation sites (tertiary alicyclic amines) is 1. The molecular weight excluding hydrogens is 462 g/mol. The number of amides is 1. The molecule has 1 amide bonds. The molecule has 0 radical (unpaired) electrons. The predicted octanol–water partition coefficient (Wildman–Crippen LogP) is 2.89. The molecule has 4 rings (SSSR count). The number of aliphatic hydroxyl groups is 1. The zero-order valence-corrected chi connectivity index (χ0v) is 20.9. The SMILES string of the molecule is CC(C)C[C@H](NS(=O)(=O)c1ccc2ccccc2c1)C(=O)NC1CN(Cc2ccccc2)CC1O. The first-order valence-corrected chi connectivity index (χ1v) is 13.5. The van der Waals surface area contributed by atoms with Crippen LogP contribution in [0.25, 0.3) is 10.8 Å². The van der Waals surface area contributed by atoms with Gasteiger partial charge in [-0.15, -0.1) is 0 Å². The highest BCUT2D eigenvalue weighted by atomic mass is 32.2. The maximum atomic E-state index is 13.2. The summed E-state index contributed by atoms with van der Waals surface area (Å²) in [5.41, 5.74) is 1.13. The first kappa shape index (κ1) is 25.3. The van der Waals surface area contributed by atoms with Gasteiger partial charge in [0.05, 0.1) is 17.0 Å². The van der Waals surface area contributed by atoms with Crippen LogP contribution in [0.1, 0.15) is 25.8 Å². The molecule has 0 aromatic heterocycles. The molecule has 3 N–H and O–H groups in total. The van der Waals surface area contributed by atoms with Gasteiger partial charge in [0.15, 0.2) is 0 Å². The third-order valence-corrected chi connectivity index (χ3v) is 7.76. The molecule has 3 aromatic carbocycles. The number of rotatable bonds is 9. The number of β-amino-alcohol motifs (C(OH)–C–C–N with tert-alkyl or cyclic N) is 1. The molecule has 0 aliphatic carbocycles. The quantitative estimate of drug-likeness (QED) is 0.424. The van der Waals surface area contributed by atoms with Crippen LogP contribution in [0.15, 0.2) is 77.7 Å². The molecule has 8 heteroatoms. The molecule has 1 fully saturated rings. The van der Waals surface area contributed by atoms with Crippen LogP contribution in [-0.2, 0) is 21.4 Å². The van der Waals surface area contributed by atoms with E-state index in [2.05, 4.69) is 14.9 Å². The van der Waals surface area contributed by atoms with Gasteiger partial charge < -0.3 is 10.4 Å². The molecule has 1 saturated heterocycles. The number of carbonyl (C=O) groups is 1. The summed E-state index contributed by atoms with van der Waals surface area (Å²) in [6.07, 6.45) is -0.380. The minimum absolute atomic E-state index is 0.0909. The largest absolute Gasteiger partial charge is 0.390 e. The molecule has 0 saturated carbocycles. The molecule has 3 aromatic rings. The summed E-state index contributed by atoms with van der Waals surface area (Å²) < 4.78 is 29.0. The Kier molecular flexibility index (Phi) is 7.86. The maximum Gasteiger partial charge on any atom is 0.241 e. The molecule has 1 aliphatic rings. The monoisotopic (exact) mass is 495 g/mol. The van der Waals surface area contributed by atoms with Crippen molar-refractivity contribution < 1.29 is 18.3 Å². The number of hydrogen-bond acceptors (Lipinski definition) is 5. The number of fused-ring (bicyclic) bond motifs is 1. The second-order valence-electron chi connectivity index (χ2n) is 9.67. The van der Waals surface area contributed by atoms with E-state index in [1.807, 2.05) is 68.4 Å². The Morgan fingerprint density at radius 2 is 1.69 bits per heavy atom. The Balaban J connectivity index is 1.45. The van der Waals surface area contributed by atoms with Crippen LogP contribution in [0.4, 0.5) is 0 Å². The lowest BCUT2D eigenvalue weighted by atomic mass is 10.0. The fraction of sp³-hybridized carbons (Fsp3) is 0.370. The molecule has 1 aliphatic heterocycles. The highest BCUT2D eigenvalue weighted by Crippen LogP contribution is 2.20. The molecule has 7 nitrogen and oxygen atoms in total. The molecule has 0 bridgehead atoms. The molecular formula is C27H33N3O4S. The van der Waals surface area contributed by atoms with Gasteiger partial charge in [-0.05, 0) is 40.8 Å². The number of carbonyl (C=O) groups excluding carboxylic acids is 1. The van der Waals surface area contributed by atoms with Gasteiger partial charge in [-0.25, -0.2) is 8.42 Å². The van der Waals surface area contributed by atoms with Crippen molar-refractivity contribution >= 4 is 26.7 Å².